The van der Waals surface area contributed by atoms with Crippen molar-refractivity contribution in [3.8, 4) is 5.75 Å². The van der Waals surface area contributed by atoms with Gasteiger partial charge < -0.3 is 15.5 Å². The van der Waals surface area contributed by atoms with E-state index in [1.165, 1.54) is 0 Å². The van der Waals surface area contributed by atoms with E-state index in [-0.39, 0.29) is 5.75 Å². The highest BCUT2D eigenvalue weighted by atomic mass is 35.5. The van der Waals surface area contributed by atoms with Gasteiger partial charge in [-0.15, -0.1) is 0 Å². The molecule has 3 nitrogen and oxygen atoms in total. The summed E-state index contributed by atoms with van der Waals surface area (Å²) < 4.78 is 0. The van der Waals surface area contributed by atoms with Gasteiger partial charge in [0.05, 0.1) is 11.3 Å². The number of hydrogen-bond donors (Lipinski definition) is 3. The number of anilines is 1. The fraction of sp³-hybridized carbons (Fsp3) is 0.500. The van der Waals surface area contributed by atoms with E-state index < -0.39 is 5.60 Å². The lowest BCUT2D eigenvalue weighted by atomic mass is 10.0. The summed E-state index contributed by atoms with van der Waals surface area (Å²) in [6.45, 7) is 0.459. The standard InChI is InChI=1S/C12H16ClNO2/c13-9-3-4-11(15)10(7-9)14-8-12(16)5-1-2-6-12/h3-4,7,14-16H,1-2,5-6,8H2. The Balaban J connectivity index is 2.01. The normalized spacial score (nSPS) is 18.6. The number of aromatic hydroxyl groups is 1. The van der Waals surface area contributed by atoms with Gasteiger partial charge in [0.25, 0.3) is 0 Å². The minimum absolute atomic E-state index is 0.158. The summed E-state index contributed by atoms with van der Waals surface area (Å²) in [7, 11) is 0. The maximum atomic E-state index is 10.1. The van der Waals surface area contributed by atoms with E-state index in [9.17, 15) is 10.2 Å². The molecule has 2 rings (SSSR count). The molecule has 0 saturated heterocycles. The third kappa shape index (κ3) is 2.60. The molecule has 0 unspecified atom stereocenters. The van der Waals surface area contributed by atoms with Crippen molar-refractivity contribution >= 4 is 17.3 Å². The SMILES string of the molecule is Oc1ccc(Cl)cc1NCC1(O)CCCC1. The highest BCUT2D eigenvalue weighted by Crippen LogP contribution is 2.32. The van der Waals surface area contributed by atoms with Crippen molar-refractivity contribution < 1.29 is 10.2 Å². The molecule has 1 aromatic carbocycles. The highest BCUT2D eigenvalue weighted by Gasteiger charge is 2.30. The number of hydrogen-bond acceptors (Lipinski definition) is 3. The fourth-order valence-electron chi connectivity index (χ4n) is 2.12. The molecule has 0 aromatic heterocycles. The smallest absolute Gasteiger partial charge is 0.138 e. The van der Waals surface area contributed by atoms with Gasteiger partial charge in [-0.25, -0.2) is 0 Å². The maximum Gasteiger partial charge on any atom is 0.138 e. The summed E-state index contributed by atoms with van der Waals surface area (Å²) in [6.07, 6.45) is 3.78. The molecule has 0 spiro atoms. The van der Waals surface area contributed by atoms with Crippen LogP contribution in [0.5, 0.6) is 5.75 Å². The van der Waals surface area contributed by atoms with Crippen LogP contribution < -0.4 is 5.32 Å². The summed E-state index contributed by atoms with van der Waals surface area (Å²) in [5.41, 5.74) is -0.0535. The Morgan fingerprint density at radius 1 is 1.31 bits per heavy atom. The van der Waals surface area contributed by atoms with E-state index in [2.05, 4.69) is 5.32 Å². The Hall–Kier alpha value is -0.930. The molecular formula is C12H16ClNO2. The first kappa shape index (κ1) is 11.6. The summed E-state index contributed by atoms with van der Waals surface area (Å²) in [5, 5.41) is 23.3. The molecule has 4 heteroatoms. The molecule has 0 aliphatic heterocycles. The number of aliphatic hydroxyl groups is 1. The van der Waals surface area contributed by atoms with Gasteiger partial charge in [-0.05, 0) is 31.0 Å². The third-order valence-corrected chi connectivity index (χ3v) is 3.34. The number of nitrogens with one attached hydrogen (secondary N) is 1. The van der Waals surface area contributed by atoms with Crippen molar-refractivity contribution in [2.24, 2.45) is 0 Å². The van der Waals surface area contributed by atoms with Gasteiger partial charge in [-0.3, -0.25) is 0 Å². The van der Waals surface area contributed by atoms with E-state index >= 15 is 0 Å². The topological polar surface area (TPSA) is 52.5 Å². The zero-order chi connectivity index (χ0) is 11.6. The first-order valence-electron chi connectivity index (χ1n) is 5.54. The second-order valence-electron chi connectivity index (χ2n) is 4.45. The Morgan fingerprint density at radius 3 is 2.69 bits per heavy atom. The monoisotopic (exact) mass is 241 g/mol. The van der Waals surface area contributed by atoms with E-state index in [1.54, 1.807) is 18.2 Å². The number of phenolic OH excluding ortho intramolecular Hbond substituents is 1. The molecule has 3 N–H and O–H groups in total. The Bertz CT molecular complexity index is 375. The molecule has 1 saturated carbocycles. The van der Waals surface area contributed by atoms with Crippen molar-refractivity contribution in [3.05, 3.63) is 23.2 Å². The Kier molecular flexibility index (Phi) is 3.26. The van der Waals surface area contributed by atoms with Crippen LogP contribution >= 0.6 is 11.6 Å². The van der Waals surface area contributed by atoms with Crippen molar-refractivity contribution in [1.82, 2.24) is 0 Å². The molecular weight excluding hydrogens is 226 g/mol. The maximum absolute atomic E-state index is 10.1. The highest BCUT2D eigenvalue weighted by molar-refractivity contribution is 6.30. The van der Waals surface area contributed by atoms with Crippen molar-refractivity contribution in [1.29, 1.82) is 0 Å². The number of phenols is 1. The molecule has 1 aliphatic carbocycles. The van der Waals surface area contributed by atoms with E-state index in [4.69, 9.17) is 11.6 Å². The number of benzene rings is 1. The summed E-state index contributed by atoms with van der Waals surface area (Å²) in [6, 6.07) is 4.84. The van der Waals surface area contributed by atoms with Crippen LogP contribution in [0.15, 0.2) is 18.2 Å². The van der Waals surface area contributed by atoms with Crippen molar-refractivity contribution in [3.63, 3.8) is 0 Å². The van der Waals surface area contributed by atoms with Crippen LogP contribution in [-0.2, 0) is 0 Å². The van der Waals surface area contributed by atoms with Gasteiger partial charge in [-0.2, -0.15) is 0 Å². The van der Waals surface area contributed by atoms with Crippen molar-refractivity contribution in [2.75, 3.05) is 11.9 Å². The minimum Gasteiger partial charge on any atom is -0.506 e. The Morgan fingerprint density at radius 2 is 2.00 bits per heavy atom. The van der Waals surface area contributed by atoms with Crippen LogP contribution in [0.4, 0.5) is 5.69 Å². The van der Waals surface area contributed by atoms with Crippen LogP contribution in [0.2, 0.25) is 5.02 Å². The van der Waals surface area contributed by atoms with Crippen LogP contribution in [0.3, 0.4) is 0 Å². The van der Waals surface area contributed by atoms with Crippen LogP contribution in [-0.4, -0.2) is 22.4 Å². The number of halogens is 1. The fourth-order valence-corrected chi connectivity index (χ4v) is 2.29. The second-order valence-corrected chi connectivity index (χ2v) is 4.88. The van der Waals surface area contributed by atoms with Crippen LogP contribution in [0.25, 0.3) is 0 Å². The van der Waals surface area contributed by atoms with Gasteiger partial charge in [-0.1, -0.05) is 24.4 Å². The predicted molar refractivity (Wildman–Crippen MR) is 65.0 cm³/mol. The van der Waals surface area contributed by atoms with Crippen LogP contribution in [0.1, 0.15) is 25.7 Å². The summed E-state index contributed by atoms with van der Waals surface area (Å²) in [5.74, 6) is 0.158. The molecule has 0 bridgehead atoms. The van der Waals surface area contributed by atoms with E-state index in [0.717, 1.165) is 25.7 Å². The van der Waals surface area contributed by atoms with Gasteiger partial charge in [0, 0.05) is 11.6 Å². The quantitative estimate of drug-likeness (QED) is 0.714. The van der Waals surface area contributed by atoms with Gasteiger partial charge in [0.2, 0.25) is 0 Å². The Labute approximate surface area is 100 Å². The van der Waals surface area contributed by atoms with Crippen LogP contribution in [0, 0.1) is 0 Å². The zero-order valence-corrected chi connectivity index (χ0v) is 9.80. The minimum atomic E-state index is -0.630. The third-order valence-electron chi connectivity index (χ3n) is 3.10. The largest absolute Gasteiger partial charge is 0.506 e. The summed E-state index contributed by atoms with van der Waals surface area (Å²) in [4.78, 5) is 0. The van der Waals surface area contributed by atoms with E-state index in [0.29, 0.717) is 17.3 Å². The predicted octanol–water partition coefficient (Wildman–Crippen LogP) is 2.76. The molecule has 1 aromatic rings. The van der Waals surface area contributed by atoms with E-state index in [1.807, 2.05) is 0 Å². The molecule has 16 heavy (non-hydrogen) atoms. The average Bonchev–Trinajstić information content (AvgIpc) is 2.67. The lowest BCUT2D eigenvalue weighted by Gasteiger charge is -2.23. The molecule has 0 atom stereocenters. The first-order valence-corrected chi connectivity index (χ1v) is 5.92. The van der Waals surface area contributed by atoms with Gasteiger partial charge in [0.15, 0.2) is 0 Å². The summed E-state index contributed by atoms with van der Waals surface area (Å²) >= 11 is 5.83. The van der Waals surface area contributed by atoms with Crippen molar-refractivity contribution in [2.45, 2.75) is 31.3 Å². The molecule has 1 fully saturated rings. The molecule has 0 radical (unpaired) electrons. The van der Waals surface area contributed by atoms with Gasteiger partial charge in [0.1, 0.15) is 5.75 Å². The lowest BCUT2D eigenvalue weighted by molar-refractivity contribution is 0.0614. The lowest BCUT2D eigenvalue weighted by Crippen LogP contribution is -2.33. The second kappa shape index (κ2) is 4.52. The average molecular weight is 242 g/mol. The van der Waals surface area contributed by atoms with Gasteiger partial charge >= 0.3 is 0 Å². The number of rotatable bonds is 3. The first-order chi connectivity index (χ1) is 7.59. The molecule has 0 heterocycles. The molecule has 1 aliphatic rings. The molecule has 88 valence electrons. The molecule has 0 amide bonds. The zero-order valence-electron chi connectivity index (χ0n) is 9.04.